The molecule has 2 aromatic rings. The van der Waals surface area contributed by atoms with E-state index < -0.39 is 22.6 Å². The number of hydrogen-bond acceptors (Lipinski definition) is 4. The molecule has 2 heterocycles. The Balaban J connectivity index is 1.92. The molecule has 3 aliphatic rings. The number of nitrogens with one attached hydrogen (secondary N) is 1. The normalized spacial score (nSPS) is 27.7. The van der Waals surface area contributed by atoms with Crippen LogP contribution in [0, 0.1) is 24.2 Å². The summed E-state index contributed by atoms with van der Waals surface area (Å²) < 4.78 is 1.24. The number of aromatic nitrogens is 2. The van der Waals surface area contributed by atoms with E-state index in [0.29, 0.717) is 29.5 Å². The summed E-state index contributed by atoms with van der Waals surface area (Å²) in [4.78, 5) is 40.6. The Morgan fingerprint density at radius 1 is 1.35 bits per heavy atom. The average Bonchev–Trinajstić information content (AvgIpc) is 2.67. The van der Waals surface area contributed by atoms with Crippen molar-refractivity contribution < 1.29 is 9.90 Å². The molecule has 0 spiro atoms. The highest BCUT2D eigenvalue weighted by Crippen LogP contribution is 2.70. The predicted octanol–water partition coefficient (Wildman–Crippen LogP) is 1.39. The van der Waals surface area contributed by atoms with E-state index in [1.807, 2.05) is 6.92 Å². The Morgan fingerprint density at radius 3 is 2.57 bits per heavy atom. The van der Waals surface area contributed by atoms with Gasteiger partial charge in [0.2, 0.25) is 0 Å². The lowest BCUT2D eigenvalue weighted by molar-refractivity contribution is -0.215. The number of carbonyl (C=O) groups is 1. The number of aryl methyl sites for hydroxylation is 1. The number of fused-ring (bicyclic) bond motifs is 1. The van der Waals surface area contributed by atoms with Gasteiger partial charge in [-0.1, -0.05) is 5.92 Å². The molecule has 7 heteroatoms. The van der Waals surface area contributed by atoms with E-state index >= 15 is 0 Å². The van der Waals surface area contributed by atoms with Crippen LogP contribution < -0.4 is 11.2 Å². The van der Waals surface area contributed by atoms with Gasteiger partial charge in [-0.25, -0.2) is 4.79 Å². The number of thiophene rings is 1. The van der Waals surface area contributed by atoms with Crippen LogP contribution in [0.15, 0.2) is 9.59 Å². The summed E-state index contributed by atoms with van der Waals surface area (Å²) in [6.07, 6.45) is 1.07. The summed E-state index contributed by atoms with van der Waals surface area (Å²) >= 11 is 1.30. The minimum absolute atomic E-state index is 0.333. The van der Waals surface area contributed by atoms with Crippen molar-refractivity contribution >= 4 is 27.5 Å². The lowest BCUT2D eigenvalue weighted by Crippen LogP contribution is -2.74. The number of H-pyrrole nitrogens is 1. The molecule has 0 unspecified atom stereocenters. The lowest BCUT2D eigenvalue weighted by Gasteiger charge is -2.67. The largest absolute Gasteiger partial charge is 0.481 e. The third kappa shape index (κ3) is 1.56. The lowest BCUT2D eigenvalue weighted by atomic mass is 9.39. The number of carboxylic acids is 1. The van der Waals surface area contributed by atoms with Gasteiger partial charge in [0, 0.05) is 0 Å². The summed E-state index contributed by atoms with van der Waals surface area (Å²) in [5.41, 5.74) is -1.38. The van der Waals surface area contributed by atoms with E-state index in [9.17, 15) is 19.5 Å². The highest BCUT2D eigenvalue weighted by Gasteiger charge is 2.74. The zero-order valence-corrected chi connectivity index (χ0v) is 13.5. The van der Waals surface area contributed by atoms with Crippen molar-refractivity contribution in [2.24, 2.45) is 5.41 Å². The van der Waals surface area contributed by atoms with Crippen molar-refractivity contribution in [1.29, 1.82) is 0 Å². The molecule has 5 rings (SSSR count). The molecule has 0 amide bonds. The van der Waals surface area contributed by atoms with E-state index in [2.05, 4.69) is 16.8 Å². The highest BCUT2D eigenvalue weighted by molar-refractivity contribution is 7.19. The zero-order chi connectivity index (χ0) is 16.6. The monoisotopic (exact) mass is 330 g/mol. The molecule has 23 heavy (non-hydrogen) atoms. The third-order valence-electron chi connectivity index (χ3n) is 5.16. The molecule has 6 nitrogen and oxygen atoms in total. The maximum atomic E-state index is 12.9. The molecular formula is C16H14N2O4S. The van der Waals surface area contributed by atoms with Crippen LogP contribution in [0.4, 0.5) is 0 Å². The SMILES string of the molecule is CC#Cc1sc2[nH]c(=O)n(C34CC(C(=O)O)(C3)C4)c(=O)c2c1C. The fourth-order valence-electron chi connectivity index (χ4n) is 4.08. The van der Waals surface area contributed by atoms with Crippen LogP contribution in [-0.4, -0.2) is 20.6 Å². The summed E-state index contributed by atoms with van der Waals surface area (Å²) in [5, 5.41) is 9.71. The number of aromatic amines is 1. The van der Waals surface area contributed by atoms with Gasteiger partial charge in [-0.15, -0.1) is 17.3 Å². The maximum absolute atomic E-state index is 12.9. The van der Waals surface area contributed by atoms with Gasteiger partial charge in [0.25, 0.3) is 5.56 Å². The number of hydrogen-bond donors (Lipinski definition) is 2. The molecule has 0 atom stereocenters. The highest BCUT2D eigenvalue weighted by atomic mass is 32.1. The second kappa shape index (κ2) is 4.15. The van der Waals surface area contributed by atoms with Gasteiger partial charge >= 0.3 is 11.7 Å². The predicted molar refractivity (Wildman–Crippen MR) is 85.9 cm³/mol. The maximum Gasteiger partial charge on any atom is 0.329 e. The molecule has 2 bridgehead atoms. The van der Waals surface area contributed by atoms with Crippen molar-refractivity contribution in [1.82, 2.24) is 9.55 Å². The van der Waals surface area contributed by atoms with Crippen molar-refractivity contribution in [2.75, 3.05) is 0 Å². The first-order valence-electron chi connectivity index (χ1n) is 7.29. The third-order valence-corrected chi connectivity index (χ3v) is 6.28. The second-order valence-electron chi connectivity index (χ2n) is 6.55. The average molecular weight is 330 g/mol. The van der Waals surface area contributed by atoms with E-state index in [4.69, 9.17) is 0 Å². The molecule has 2 aromatic heterocycles. The number of carboxylic acid groups (broad SMARTS) is 1. The fraction of sp³-hybridized carbons (Fsp3) is 0.438. The summed E-state index contributed by atoms with van der Waals surface area (Å²) in [7, 11) is 0. The molecule has 2 N–H and O–H groups in total. The van der Waals surface area contributed by atoms with Crippen LogP contribution in [0.3, 0.4) is 0 Å². The van der Waals surface area contributed by atoms with Gasteiger partial charge in [0.15, 0.2) is 0 Å². The summed E-state index contributed by atoms with van der Waals surface area (Å²) in [6.45, 7) is 3.54. The van der Waals surface area contributed by atoms with Crippen LogP contribution in [0.2, 0.25) is 0 Å². The molecule has 0 aromatic carbocycles. The van der Waals surface area contributed by atoms with Crippen LogP contribution in [0.5, 0.6) is 0 Å². The van der Waals surface area contributed by atoms with Crippen LogP contribution in [0.1, 0.15) is 36.6 Å². The number of nitrogens with zero attached hydrogens (tertiary/aromatic N) is 1. The van der Waals surface area contributed by atoms with Gasteiger partial charge in [-0.3, -0.25) is 19.1 Å². The Labute approximate surface area is 134 Å². The zero-order valence-electron chi connectivity index (χ0n) is 12.6. The van der Waals surface area contributed by atoms with Crippen molar-refractivity contribution in [2.45, 2.75) is 38.6 Å². The van der Waals surface area contributed by atoms with Crippen molar-refractivity contribution in [3.8, 4) is 11.8 Å². The Hall–Kier alpha value is -2.33. The van der Waals surface area contributed by atoms with E-state index in [0.717, 1.165) is 10.4 Å². The first kappa shape index (κ1) is 14.3. The van der Waals surface area contributed by atoms with Gasteiger partial charge in [-0.2, -0.15) is 0 Å². The van der Waals surface area contributed by atoms with Crippen molar-refractivity contribution in [3.63, 3.8) is 0 Å². The topological polar surface area (TPSA) is 92.2 Å². The molecule has 3 fully saturated rings. The second-order valence-corrected chi connectivity index (χ2v) is 7.57. The molecular weight excluding hydrogens is 316 g/mol. The van der Waals surface area contributed by atoms with Gasteiger partial charge in [0.05, 0.1) is 21.2 Å². The summed E-state index contributed by atoms with van der Waals surface area (Å²) in [6, 6.07) is 0. The molecule has 0 radical (unpaired) electrons. The number of rotatable bonds is 2. The van der Waals surface area contributed by atoms with Crippen LogP contribution >= 0.6 is 11.3 Å². The van der Waals surface area contributed by atoms with E-state index in [1.165, 1.54) is 15.9 Å². The molecule has 3 aliphatic carbocycles. The van der Waals surface area contributed by atoms with E-state index in [1.54, 1.807) is 6.92 Å². The molecule has 118 valence electrons. The fourth-order valence-corrected chi connectivity index (χ4v) is 5.17. The minimum atomic E-state index is -0.836. The standard InChI is InChI=1S/C16H14N2O4S/c1-3-4-9-8(2)10-11(23-9)17-14(22)18(12(10)19)16-5-15(6-16,7-16)13(20)21/h5-7H2,1-2H3,(H,17,22)(H,20,21). The first-order valence-corrected chi connectivity index (χ1v) is 8.10. The number of aliphatic carboxylic acids is 1. The Kier molecular flexibility index (Phi) is 2.57. The first-order chi connectivity index (χ1) is 10.8. The van der Waals surface area contributed by atoms with Crippen LogP contribution in [-0.2, 0) is 10.3 Å². The Bertz CT molecular complexity index is 1040. The van der Waals surface area contributed by atoms with Crippen LogP contribution in [0.25, 0.3) is 10.2 Å². The molecule has 3 saturated carbocycles. The summed E-state index contributed by atoms with van der Waals surface area (Å²) in [5.74, 6) is 4.92. The van der Waals surface area contributed by atoms with E-state index in [-0.39, 0.29) is 5.56 Å². The minimum Gasteiger partial charge on any atom is -0.481 e. The smallest absolute Gasteiger partial charge is 0.329 e. The quantitative estimate of drug-likeness (QED) is 0.814. The Morgan fingerprint density at radius 2 is 2.00 bits per heavy atom. The molecule has 0 aliphatic heterocycles. The van der Waals surface area contributed by atoms with Gasteiger partial charge in [0.1, 0.15) is 4.83 Å². The van der Waals surface area contributed by atoms with Gasteiger partial charge in [-0.05, 0) is 38.7 Å². The van der Waals surface area contributed by atoms with Gasteiger partial charge < -0.3 is 5.11 Å². The van der Waals surface area contributed by atoms with Crippen molar-refractivity contribution in [3.05, 3.63) is 31.3 Å². The molecule has 0 saturated heterocycles.